The molecule has 2 amide bonds. The van der Waals surface area contributed by atoms with Crippen LogP contribution in [0.5, 0.6) is 0 Å². The summed E-state index contributed by atoms with van der Waals surface area (Å²) in [6.07, 6.45) is 0.447. The number of anilines is 3. The normalized spacial score (nSPS) is 26.0. The molecule has 0 spiro atoms. The average molecular weight is 320 g/mol. The summed E-state index contributed by atoms with van der Waals surface area (Å²) in [5.74, 6) is 1.12. The van der Waals surface area contributed by atoms with Crippen molar-refractivity contribution in [1.82, 2.24) is 9.97 Å². The lowest BCUT2D eigenvalue weighted by molar-refractivity contribution is -0.117. The van der Waals surface area contributed by atoms with Gasteiger partial charge in [0, 0.05) is 25.9 Å². The van der Waals surface area contributed by atoms with Gasteiger partial charge in [0.15, 0.2) is 5.82 Å². The summed E-state index contributed by atoms with van der Waals surface area (Å²) in [7, 11) is 1.83. The molecule has 23 heavy (non-hydrogen) atoms. The molecule has 1 aliphatic heterocycles. The topological polar surface area (TPSA) is 122 Å². The number of nitrogens with one attached hydrogen (secondary N) is 2. The predicted molar refractivity (Wildman–Crippen MR) is 84.4 cm³/mol. The monoisotopic (exact) mass is 320 g/mol. The van der Waals surface area contributed by atoms with Crippen molar-refractivity contribution in [3.8, 4) is 0 Å². The zero-order valence-electron chi connectivity index (χ0n) is 13.3. The van der Waals surface area contributed by atoms with E-state index in [1.807, 2.05) is 25.8 Å². The molecule has 124 valence electrons. The van der Waals surface area contributed by atoms with Crippen molar-refractivity contribution in [2.75, 3.05) is 22.6 Å². The number of amides is 2. The van der Waals surface area contributed by atoms with E-state index in [2.05, 4.69) is 20.6 Å². The zero-order valence-corrected chi connectivity index (χ0v) is 13.3. The molecular formula is C14H20N6O3. The first-order valence-electron chi connectivity index (χ1n) is 7.50. The van der Waals surface area contributed by atoms with Crippen LogP contribution in [0, 0.1) is 6.92 Å². The number of carbonyl (C=O) groups excluding carboxylic acids is 2. The van der Waals surface area contributed by atoms with Crippen LogP contribution >= 0.6 is 0 Å². The molecule has 0 unspecified atom stereocenters. The standard InChI is InChI=1S/C14H20N6O3/c1-6-10-11(20(3)7(2)12(21)18-10)19-14(16-6)17-8-4-9(5-8)23-13(15)22/h7-9H,4-5H2,1-3H3,(H2,15,22)(H,18,21)(H,16,17,19)/t7-,8-,9+/m0/s1. The lowest BCUT2D eigenvalue weighted by Crippen LogP contribution is -2.45. The molecule has 1 aromatic rings. The minimum atomic E-state index is -0.749. The van der Waals surface area contributed by atoms with Gasteiger partial charge >= 0.3 is 6.09 Å². The highest BCUT2D eigenvalue weighted by atomic mass is 16.6. The number of nitrogens with two attached hydrogens (primary N) is 1. The maximum atomic E-state index is 11.9. The maximum Gasteiger partial charge on any atom is 0.404 e. The van der Waals surface area contributed by atoms with Crippen LogP contribution in [0.15, 0.2) is 0 Å². The molecular weight excluding hydrogens is 300 g/mol. The van der Waals surface area contributed by atoms with Crippen LogP contribution in [0.25, 0.3) is 0 Å². The lowest BCUT2D eigenvalue weighted by Gasteiger charge is -2.36. The maximum absolute atomic E-state index is 11.9. The summed E-state index contributed by atoms with van der Waals surface area (Å²) in [4.78, 5) is 33.3. The predicted octanol–water partition coefficient (Wildman–Crippen LogP) is 0.600. The van der Waals surface area contributed by atoms with Gasteiger partial charge in [-0.15, -0.1) is 0 Å². The second-order valence-electron chi connectivity index (χ2n) is 5.98. The summed E-state index contributed by atoms with van der Waals surface area (Å²) < 4.78 is 4.91. The zero-order chi connectivity index (χ0) is 16.7. The second-order valence-corrected chi connectivity index (χ2v) is 5.98. The van der Waals surface area contributed by atoms with Gasteiger partial charge in [0.25, 0.3) is 0 Å². The molecule has 3 rings (SSSR count). The fraction of sp³-hybridized carbons (Fsp3) is 0.571. The van der Waals surface area contributed by atoms with E-state index in [1.165, 1.54) is 0 Å². The molecule has 0 aromatic carbocycles. The SMILES string of the molecule is Cc1nc(N[C@H]2C[C@@H](OC(N)=O)C2)nc2c1NC(=O)[C@H](C)N2C. The number of primary amides is 1. The third-order valence-corrected chi connectivity index (χ3v) is 4.32. The smallest absolute Gasteiger partial charge is 0.404 e. The molecule has 1 aliphatic carbocycles. The molecule has 0 radical (unpaired) electrons. The van der Waals surface area contributed by atoms with E-state index in [9.17, 15) is 9.59 Å². The van der Waals surface area contributed by atoms with Crippen molar-refractivity contribution < 1.29 is 14.3 Å². The van der Waals surface area contributed by atoms with Crippen molar-refractivity contribution in [2.45, 2.75) is 44.9 Å². The third kappa shape index (κ3) is 2.86. The van der Waals surface area contributed by atoms with Gasteiger partial charge in [0.1, 0.15) is 17.8 Å². The molecule has 1 saturated carbocycles. The van der Waals surface area contributed by atoms with Gasteiger partial charge in [-0.05, 0) is 13.8 Å². The van der Waals surface area contributed by atoms with Crippen LogP contribution in [0.1, 0.15) is 25.5 Å². The Morgan fingerprint density at radius 3 is 2.78 bits per heavy atom. The molecule has 2 heterocycles. The molecule has 1 fully saturated rings. The number of rotatable bonds is 3. The molecule has 9 nitrogen and oxygen atoms in total. The summed E-state index contributed by atoms with van der Waals surface area (Å²) in [6.45, 7) is 3.65. The van der Waals surface area contributed by atoms with Crippen molar-refractivity contribution >= 4 is 29.5 Å². The number of likely N-dealkylation sites (N-methyl/N-ethyl adjacent to an activating group) is 1. The van der Waals surface area contributed by atoms with E-state index in [0.29, 0.717) is 36.0 Å². The van der Waals surface area contributed by atoms with Gasteiger partial charge in [-0.1, -0.05) is 0 Å². The van der Waals surface area contributed by atoms with Gasteiger partial charge in [-0.3, -0.25) is 4.79 Å². The number of fused-ring (bicyclic) bond motifs is 1. The number of hydrogen-bond acceptors (Lipinski definition) is 7. The first kappa shape index (κ1) is 15.3. The Bertz CT molecular complexity index is 658. The van der Waals surface area contributed by atoms with Crippen molar-refractivity contribution in [2.24, 2.45) is 5.73 Å². The average Bonchev–Trinajstić information content (AvgIpc) is 2.44. The van der Waals surface area contributed by atoms with Crippen LogP contribution in [-0.4, -0.2) is 47.2 Å². The van der Waals surface area contributed by atoms with E-state index in [-0.39, 0.29) is 24.1 Å². The quantitative estimate of drug-likeness (QED) is 0.745. The molecule has 2 aliphatic rings. The minimum absolute atomic E-state index is 0.0714. The largest absolute Gasteiger partial charge is 0.446 e. The summed E-state index contributed by atoms with van der Waals surface area (Å²) in [5.41, 5.74) is 6.34. The molecule has 9 heteroatoms. The Labute approximate surface area is 133 Å². The van der Waals surface area contributed by atoms with Crippen molar-refractivity contribution in [3.05, 3.63) is 5.69 Å². The molecule has 4 N–H and O–H groups in total. The van der Waals surface area contributed by atoms with Gasteiger partial charge in [0.2, 0.25) is 11.9 Å². The fourth-order valence-electron chi connectivity index (χ4n) is 2.74. The van der Waals surface area contributed by atoms with Gasteiger partial charge < -0.3 is 26.0 Å². The lowest BCUT2D eigenvalue weighted by atomic mass is 9.89. The van der Waals surface area contributed by atoms with Gasteiger partial charge in [0.05, 0.1) is 5.69 Å². The number of nitrogens with zero attached hydrogens (tertiary/aromatic N) is 3. The molecule has 0 bridgehead atoms. The fourth-order valence-corrected chi connectivity index (χ4v) is 2.74. The van der Waals surface area contributed by atoms with E-state index in [4.69, 9.17) is 10.5 Å². The summed E-state index contributed by atoms with van der Waals surface area (Å²) in [6, 6.07) is -0.153. The van der Waals surface area contributed by atoms with Gasteiger partial charge in [-0.2, -0.15) is 4.98 Å². The number of aromatic nitrogens is 2. The van der Waals surface area contributed by atoms with Crippen LogP contribution in [-0.2, 0) is 9.53 Å². The van der Waals surface area contributed by atoms with E-state index in [0.717, 1.165) is 0 Å². The van der Waals surface area contributed by atoms with Crippen molar-refractivity contribution in [3.63, 3.8) is 0 Å². The Kier molecular flexibility index (Phi) is 3.70. The first-order chi connectivity index (χ1) is 10.8. The van der Waals surface area contributed by atoms with E-state index < -0.39 is 6.09 Å². The van der Waals surface area contributed by atoms with Crippen LogP contribution in [0.4, 0.5) is 22.2 Å². The second kappa shape index (κ2) is 5.56. The summed E-state index contributed by atoms with van der Waals surface area (Å²) >= 11 is 0. The molecule has 0 saturated heterocycles. The van der Waals surface area contributed by atoms with E-state index in [1.54, 1.807) is 0 Å². The van der Waals surface area contributed by atoms with Crippen LogP contribution in [0.3, 0.4) is 0 Å². The highest BCUT2D eigenvalue weighted by Crippen LogP contribution is 2.33. The highest BCUT2D eigenvalue weighted by molar-refractivity contribution is 6.03. The Hall–Kier alpha value is -2.58. The van der Waals surface area contributed by atoms with Crippen LogP contribution in [0.2, 0.25) is 0 Å². The Morgan fingerprint density at radius 1 is 1.43 bits per heavy atom. The number of carbonyl (C=O) groups is 2. The van der Waals surface area contributed by atoms with Crippen LogP contribution < -0.4 is 21.3 Å². The van der Waals surface area contributed by atoms with Gasteiger partial charge in [-0.25, -0.2) is 9.78 Å². The minimum Gasteiger partial charge on any atom is -0.446 e. The Morgan fingerprint density at radius 2 is 2.13 bits per heavy atom. The number of ether oxygens (including phenoxy) is 1. The summed E-state index contributed by atoms with van der Waals surface area (Å²) in [5, 5.41) is 6.07. The first-order valence-corrected chi connectivity index (χ1v) is 7.50. The van der Waals surface area contributed by atoms with E-state index >= 15 is 0 Å². The number of aryl methyl sites for hydroxylation is 1. The number of hydrogen-bond donors (Lipinski definition) is 3. The van der Waals surface area contributed by atoms with Crippen molar-refractivity contribution in [1.29, 1.82) is 0 Å². The molecule has 1 atom stereocenters. The third-order valence-electron chi connectivity index (χ3n) is 4.32. The molecule has 1 aromatic heterocycles. The Balaban J connectivity index is 1.72. The highest BCUT2D eigenvalue weighted by Gasteiger charge is 2.34.